The van der Waals surface area contributed by atoms with E-state index in [1.165, 1.54) is 0 Å². The Labute approximate surface area is 110 Å². The molecule has 3 rings (SSSR count). The van der Waals surface area contributed by atoms with Crippen LogP contribution in [0.1, 0.15) is 16.2 Å². The smallest absolute Gasteiger partial charge is 0.174 e. The Hall–Kier alpha value is -2.30. The van der Waals surface area contributed by atoms with E-state index in [0.717, 1.165) is 5.82 Å². The number of rotatable bonds is 3. The van der Waals surface area contributed by atoms with Crippen molar-refractivity contribution in [2.45, 2.75) is 6.42 Å². The molecule has 0 atom stereocenters. The van der Waals surface area contributed by atoms with Gasteiger partial charge in [-0.15, -0.1) is 0 Å². The van der Waals surface area contributed by atoms with E-state index in [4.69, 9.17) is 9.47 Å². The Balaban J connectivity index is 1.90. The van der Waals surface area contributed by atoms with Crippen molar-refractivity contribution >= 4 is 5.78 Å². The van der Waals surface area contributed by atoms with E-state index in [9.17, 15) is 4.79 Å². The standard InChI is InChI=1S/C14H14N2O3/c1-16-6-5-15-13(16)9-11(17)10-3-2-4-12-14(10)19-8-7-18-12/h2-6H,7-9H2,1H3. The summed E-state index contributed by atoms with van der Waals surface area (Å²) in [6, 6.07) is 5.38. The van der Waals surface area contributed by atoms with Crippen molar-refractivity contribution in [2.24, 2.45) is 7.05 Å². The lowest BCUT2D eigenvalue weighted by Gasteiger charge is -2.20. The lowest BCUT2D eigenvalue weighted by molar-refractivity contribution is 0.0979. The minimum absolute atomic E-state index is 0.0170. The molecular weight excluding hydrogens is 244 g/mol. The number of hydrogen-bond acceptors (Lipinski definition) is 4. The minimum Gasteiger partial charge on any atom is -0.486 e. The molecule has 0 aliphatic carbocycles. The fourth-order valence-corrected chi connectivity index (χ4v) is 2.10. The maximum absolute atomic E-state index is 12.3. The number of nitrogens with zero attached hydrogens (tertiary/aromatic N) is 2. The molecule has 0 unspecified atom stereocenters. The molecule has 2 heterocycles. The van der Waals surface area contributed by atoms with Crippen LogP contribution in [-0.2, 0) is 13.5 Å². The van der Waals surface area contributed by atoms with Crippen molar-refractivity contribution < 1.29 is 14.3 Å². The largest absolute Gasteiger partial charge is 0.486 e. The number of carbonyl (C=O) groups excluding carboxylic acids is 1. The van der Waals surface area contributed by atoms with Gasteiger partial charge in [0, 0.05) is 19.4 Å². The molecular formula is C14H14N2O3. The Morgan fingerprint density at radius 2 is 2.21 bits per heavy atom. The SMILES string of the molecule is Cn1ccnc1CC(=O)c1cccc2c1OCCO2. The van der Waals surface area contributed by atoms with Gasteiger partial charge < -0.3 is 14.0 Å². The quantitative estimate of drug-likeness (QED) is 0.785. The summed E-state index contributed by atoms with van der Waals surface area (Å²) in [4.78, 5) is 16.5. The number of carbonyl (C=O) groups is 1. The van der Waals surface area contributed by atoms with E-state index in [1.54, 1.807) is 18.3 Å². The fraction of sp³-hybridized carbons (Fsp3) is 0.286. The van der Waals surface area contributed by atoms with Gasteiger partial charge in [0.05, 0.1) is 12.0 Å². The van der Waals surface area contributed by atoms with Crippen LogP contribution >= 0.6 is 0 Å². The zero-order chi connectivity index (χ0) is 13.2. The highest BCUT2D eigenvalue weighted by Gasteiger charge is 2.21. The van der Waals surface area contributed by atoms with Gasteiger partial charge in [0.15, 0.2) is 17.3 Å². The predicted molar refractivity (Wildman–Crippen MR) is 68.7 cm³/mol. The van der Waals surface area contributed by atoms with Crippen LogP contribution in [0.15, 0.2) is 30.6 Å². The second-order valence-corrected chi connectivity index (χ2v) is 4.38. The van der Waals surface area contributed by atoms with Gasteiger partial charge in [0.1, 0.15) is 19.0 Å². The van der Waals surface area contributed by atoms with Crippen molar-refractivity contribution in [3.63, 3.8) is 0 Å². The van der Waals surface area contributed by atoms with Gasteiger partial charge in [-0.2, -0.15) is 0 Å². The van der Waals surface area contributed by atoms with Gasteiger partial charge >= 0.3 is 0 Å². The van der Waals surface area contributed by atoms with Crippen LogP contribution < -0.4 is 9.47 Å². The van der Waals surface area contributed by atoms with E-state index in [2.05, 4.69) is 4.98 Å². The topological polar surface area (TPSA) is 53.4 Å². The first-order valence-electron chi connectivity index (χ1n) is 6.14. The molecule has 0 fully saturated rings. The number of aryl methyl sites for hydroxylation is 1. The molecule has 5 heteroatoms. The molecule has 1 aromatic heterocycles. The predicted octanol–water partition coefficient (Wildman–Crippen LogP) is 1.62. The third-order valence-corrected chi connectivity index (χ3v) is 3.11. The molecule has 0 bridgehead atoms. The summed E-state index contributed by atoms with van der Waals surface area (Å²) < 4.78 is 12.9. The molecule has 0 amide bonds. The minimum atomic E-state index is -0.0170. The molecule has 1 aliphatic rings. The number of ketones is 1. The molecule has 1 aromatic carbocycles. The van der Waals surface area contributed by atoms with Gasteiger partial charge in [-0.05, 0) is 12.1 Å². The monoisotopic (exact) mass is 258 g/mol. The molecule has 2 aromatic rings. The summed E-state index contributed by atoms with van der Waals surface area (Å²) in [5, 5.41) is 0. The molecule has 0 saturated carbocycles. The maximum atomic E-state index is 12.3. The number of benzene rings is 1. The van der Waals surface area contributed by atoms with Gasteiger partial charge in [-0.3, -0.25) is 4.79 Å². The maximum Gasteiger partial charge on any atom is 0.174 e. The number of Topliss-reactive ketones (excluding diaryl/α,β-unsaturated/α-hetero) is 1. The van der Waals surface area contributed by atoms with E-state index in [1.807, 2.05) is 23.9 Å². The Bertz CT molecular complexity index is 619. The van der Waals surface area contributed by atoms with Crippen LogP contribution in [0.4, 0.5) is 0 Å². The number of imidazole rings is 1. The number of ether oxygens (including phenoxy) is 2. The third-order valence-electron chi connectivity index (χ3n) is 3.11. The number of para-hydroxylation sites is 1. The number of fused-ring (bicyclic) bond motifs is 1. The van der Waals surface area contributed by atoms with Crippen LogP contribution in [0.5, 0.6) is 11.5 Å². The fourth-order valence-electron chi connectivity index (χ4n) is 2.10. The average Bonchev–Trinajstić information content (AvgIpc) is 2.83. The highest BCUT2D eigenvalue weighted by Crippen LogP contribution is 2.34. The van der Waals surface area contributed by atoms with Crippen molar-refractivity contribution in [3.8, 4) is 11.5 Å². The first kappa shape index (κ1) is 11.8. The zero-order valence-corrected chi connectivity index (χ0v) is 10.6. The van der Waals surface area contributed by atoms with Crippen LogP contribution in [0.3, 0.4) is 0 Å². The second-order valence-electron chi connectivity index (χ2n) is 4.38. The van der Waals surface area contributed by atoms with E-state index >= 15 is 0 Å². The van der Waals surface area contributed by atoms with Gasteiger partial charge in [-0.1, -0.05) is 6.07 Å². The molecule has 98 valence electrons. The first-order chi connectivity index (χ1) is 9.25. The summed E-state index contributed by atoms with van der Waals surface area (Å²) in [5.41, 5.74) is 0.556. The third kappa shape index (κ3) is 2.19. The van der Waals surface area contributed by atoms with Crippen molar-refractivity contribution in [2.75, 3.05) is 13.2 Å². The van der Waals surface area contributed by atoms with Crippen molar-refractivity contribution in [1.82, 2.24) is 9.55 Å². The van der Waals surface area contributed by atoms with Gasteiger partial charge in [0.2, 0.25) is 0 Å². The Morgan fingerprint density at radius 3 is 3.00 bits per heavy atom. The molecule has 1 aliphatic heterocycles. The summed E-state index contributed by atoms with van der Waals surface area (Å²) in [5.74, 6) is 1.90. The summed E-state index contributed by atoms with van der Waals surface area (Å²) >= 11 is 0. The molecule has 0 spiro atoms. The van der Waals surface area contributed by atoms with Crippen LogP contribution in [0, 0.1) is 0 Å². The first-order valence-corrected chi connectivity index (χ1v) is 6.14. The summed E-state index contributed by atoms with van der Waals surface area (Å²) in [7, 11) is 1.87. The highest BCUT2D eigenvalue weighted by molar-refractivity contribution is 6.00. The second kappa shape index (κ2) is 4.76. The van der Waals surface area contributed by atoms with Crippen molar-refractivity contribution in [3.05, 3.63) is 42.0 Å². The molecule has 0 N–H and O–H groups in total. The zero-order valence-electron chi connectivity index (χ0n) is 10.6. The van der Waals surface area contributed by atoms with Crippen molar-refractivity contribution in [1.29, 1.82) is 0 Å². The number of aromatic nitrogens is 2. The average molecular weight is 258 g/mol. The van der Waals surface area contributed by atoms with Gasteiger partial charge in [-0.25, -0.2) is 4.98 Å². The van der Waals surface area contributed by atoms with E-state index in [0.29, 0.717) is 30.3 Å². The highest BCUT2D eigenvalue weighted by atomic mass is 16.6. The van der Waals surface area contributed by atoms with Crippen LogP contribution in [0.2, 0.25) is 0 Å². The van der Waals surface area contributed by atoms with E-state index in [-0.39, 0.29) is 12.2 Å². The molecule has 5 nitrogen and oxygen atoms in total. The van der Waals surface area contributed by atoms with Crippen LogP contribution in [0.25, 0.3) is 0 Å². The molecule has 0 radical (unpaired) electrons. The molecule has 19 heavy (non-hydrogen) atoms. The summed E-state index contributed by atoms with van der Waals surface area (Å²) in [6.07, 6.45) is 3.76. The Kier molecular flexibility index (Phi) is 2.95. The van der Waals surface area contributed by atoms with Gasteiger partial charge in [0.25, 0.3) is 0 Å². The Morgan fingerprint density at radius 1 is 1.37 bits per heavy atom. The van der Waals surface area contributed by atoms with Crippen LogP contribution in [-0.4, -0.2) is 28.5 Å². The number of hydrogen-bond donors (Lipinski definition) is 0. The molecule has 0 saturated heterocycles. The normalized spacial score (nSPS) is 13.3. The lowest BCUT2D eigenvalue weighted by atomic mass is 10.1. The lowest BCUT2D eigenvalue weighted by Crippen LogP contribution is -2.18. The summed E-state index contributed by atoms with van der Waals surface area (Å²) in [6.45, 7) is 0.990. The van der Waals surface area contributed by atoms with E-state index < -0.39 is 0 Å².